The van der Waals surface area contributed by atoms with E-state index in [4.69, 9.17) is 4.74 Å². The van der Waals surface area contributed by atoms with E-state index in [1.165, 1.54) is 6.07 Å². The first-order valence-corrected chi connectivity index (χ1v) is 6.98. The Bertz CT molecular complexity index is 522. The maximum absolute atomic E-state index is 11.0. The van der Waals surface area contributed by atoms with Gasteiger partial charge in [-0.2, -0.15) is 0 Å². The second-order valence-electron chi connectivity index (χ2n) is 5.80. The predicted octanol–water partition coefficient (Wildman–Crippen LogP) is 2.01. The number of nitro groups is 1. The van der Waals surface area contributed by atoms with Crippen LogP contribution in [0.2, 0.25) is 0 Å². The van der Waals surface area contributed by atoms with Gasteiger partial charge in [0, 0.05) is 37.0 Å². The van der Waals surface area contributed by atoms with E-state index in [0.29, 0.717) is 23.6 Å². The number of benzene rings is 1. The summed E-state index contributed by atoms with van der Waals surface area (Å²) >= 11 is 0. The summed E-state index contributed by atoms with van der Waals surface area (Å²) in [4.78, 5) is 10.6. The number of ether oxygens (including phenoxy) is 1. The molecule has 0 spiro atoms. The van der Waals surface area contributed by atoms with Crippen LogP contribution < -0.4 is 15.4 Å². The highest BCUT2D eigenvalue weighted by Gasteiger charge is 2.52. The maximum Gasteiger partial charge on any atom is 0.275 e. The lowest BCUT2D eigenvalue weighted by molar-refractivity contribution is -0.384. The average Bonchev–Trinajstić information content (AvgIpc) is 2.82. The molecule has 108 valence electrons. The van der Waals surface area contributed by atoms with E-state index >= 15 is 0 Å². The smallest absolute Gasteiger partial charge is 0.275 e. The Morgan fingerprint density at radius 3 is 2.65 bits per heavy atom. The number of piperidine rings is 1. The lowest BCUT2D eigenvalue weighted by atomic mass is 10.2. The average molecular weight is 277 g/mol. The number of hydrogen-bond acceptors (Lipinski definition) is 5. The molecule has 1 aromatic carbocycles. The fourth-order valence-electron chi connectivity index (χ4n) is 2.94. The van der Waals surface area contributed by atoms with Gasteiger partial charge < -0.3 is 15.4 Å². The number of hydrogen-bond donors (Lipinski definition) is 2. The van der Waals surface area contributed by atoms with Gasteiger partial charge in [0.15, 0.2) is 0 Å². The van der Waals surface area contributed by atoms with Crippen LogP contribution in [-0.2, 0) is 0 Å². The highest BCUT2D eigenvalue weighted by molar-refractivity contribution is 5.58. The molecule has 0 amide bonds. The predicted molar refractivity (Wildman–Crippen MR) is 76.1 cm³/mol. The molecule has 2 N–H and O–H groups in total. The van der Waals surface area contributed by atoms with E-state index in [2.05, 4.69) is 10.6 Å². The summed E-state index contributed by atoms with van der Waals surface area (Å²) in [7, 11) is 0. The fourth-order valence-corrected chi connectivity index (χ4v) is 2.94. The Morgan fingerprint density at radius 1 is 1.35 bits per heavy atom. The van der Waals surface area contributed by atoms with Crippen molar-refractivity contribution in [2.75, 3.05) is 18.4 Å². The summed E-state index contributed by atoms with van der Waals surface area (Å²) in [6.07, 6.45) is -0.00522. The molecule has 1 aromatic rings. The summed E-state index contributed by atoms with van der Waals surface area (Å²) in [6, 6.07) is 5.33. The zero-order chi connectivity index (χ0) is 14.3. The standard InChI is InChI=1S/C14H19N3O3/c1-8(2)20-11-4-9(3-10(5-11)17(18)19)16-14-12-6-15-7-13(12)14/h3-5,8,12-16H,6-7H2,1-2H3. The first kappa shape index (κ1) is 13.2. The van der Waals surface area contributed by atoms with Crippen LogP contribution in [0, 0.1) is 22.0 Å². The number of nitro benzene ring substituents is 1. The molecule has 2 aliphatic rings. The van der Waals surface area contributed by atoms with Crippen molar-refractivity contribution in [3.05, 3.63) is 28.3 Å². The third kappa shape index (κ3) is 2.56. The minimum atomic E-state index is -0.381. The van der Waals surface area contributed by atoms with Gasteiger partial charge in [0.2, 0.25) is 0 Å². The summed E-state index contributed by atoms with van der Waals surface area (Å²) < 4.78 is 5.58. The lowest BCUT2D eigenvalue weighted by Crippen LogP contribution is -2.21. The van der Waals surface area contributed by atoms with E-state index in [-0.39, 0.29) is 16.7 Å². The number of fused-ring (bicyclic) bond motifs is 1. The van der Waals surface area contributed by atoms with Crippen LogP contribution >= 0.6 is 0 Å². The van der Waals surface area contributed by atoms with Gasteiger partial charge in [0.1, 0.15) is 5.75 Å². The number of rotatable bonds is 5. The monoisotopic (exact) mass is 277 g/mol. The van der Waals surface area contributed by atoms with Crippen molar-refractivity contribution in [1.82, 2.24) is 5.32 Å². The van der Waals surface area contributed by atoms with Crippen LogP contribution in [-0.4, -0.2) is 30.2 Å². The molecule has 6 heteroatoms. The lowest BCUT2D eigenvalue weighted by Gasteiger charge is -2.13. The normalized spacial score (nSPS) is 27.2. The molecular weight excluding hydrogens is 258 g/mol. The van der Waals surface area contributed by atoms with Gasteiger partial charge in [-0.15, -0.1) is 0 Å². The summed E-state index contributed by atoms with van der Waals surface area (Å²) in [5, 5.41) is 17.7. The van der Waals surface area contributed by atoms with Crippen molar-refractivity contribution in [2.45, 2.75) is 26.0 Å². The van der Waals surface area contributed by atoms with Crippen molar-refractivity contribution in [3.63, 3.8) is 0 Å². The zero-order valence-corrected chi connectivity index (χ0v) is 11.6. The molecular formula is C14H19N3O3. The second-order valence-corrected chi connectivity index (χ2v) is 5.80. The largest absolute Gasteiger partial charge is 0.491 e. The van der Waals surface area contributed by atoms with E-state index in [9.17, 15) is 10.1 Å². The Morgan fingerprint density at radius 2 is 2.05 bits per heavy atom. The topological polar surface area (TPSA) is 76.4 Å². The molecule has 0 aromatic heterocycles. The Hall–Kier alpha value is -1.82. The fraction of sp³-hybridized carbons (Fsp3) is 0.571. The summed E-state index contributed by atoms with van der Waals surface area (Å²) in [5.74, 6) is 1.85. The SMILES string of the molecule is CC(C)Oc1cc(NC2C3CNCC32)cc([N+](=O)[O-])c1. The molecule has 1 heterocycles. The molecule has 1 aliphatic carbocycles. The molecule has 2 atom stereocenters. The van der Waals surface area contributed by atoms with Crippen molar-refractivity contribution >= 4 is 11.4 Å². The van der Waals surface area contributed by atoms with Gasteiger partial charge in [-0.3, -0.25) is 10.1 Å². The Kier molecular flexibility index (Phi) is 3.25. The molecule has 0 radical (unpaired) electrons. The molecule has 6 nitrogen and oxygen atoms in total. The van der Waals surface area contributed by atoms with Gasteiger partial charge in [-0.05, 0) is 25.7 Å². The number of anilines is 1. The van der Waals surface area contributed by atoms with Crippen LogP contribution in [0.5, 0.6) is 5.75 Å². The van der Waals surface area contributed by atoms with Crippen molar-refractivity contribution in [3.8, 4) is 5.75 Å². The maximum atomic E-state index is 11.0. The minimum Gasteiger partial charge on any atom is -0.491 e. The van der Waals surface area contributed by atoms with Crippen LogP contribution in [0.25, 0.3) is 0 Å². The third-order valence-electron chi connectivity index (χ3n) is 3.90. The van der Waals surface area contributed by atoms with E-state index in [1.807, 2.05) is 19.9 Å². The van der Waals surface area contributed by atoms with Gasteiger partial charge in [-0.25, -0.2) is 0 Å². The van der Waals surface area contributed by atoms with Crippen LogP contribution in [0.15, 0.2) is 18.2 Å². The molecule has 1 saturated carbocycles. The second kappa shape index (κ2) is 4.94. The van der Waals surface area contributed by atoms with Crippen LogP contribution in [0.4, 0.5) is 11.4 Å². The van der Waals surface area contributed by atoms with Gasteiger partial charge in [-0.1, -0.05) is 0 Å². The molecule has 2 fully saturated rings. The van der Waals surface area contributed by atoms with E-state index in [0.717, 1.165) is 18.8 Å². The van der Waals surface area contributed by atoms with E-state index < -0.39 is 0 Å². The van der Waals surface area contributed by atoms with Crippen molar-refractivity contribution in [1.29, 1.82) is 0 Å². The van der Waals surface area contributed by atoms with Crippen LogP contribution in [0.3, 0.4) is 0 Å². The quantitative estimate of drug-likeness (QED) is 0.636. The summed E-state index contributed by atoms with van der Waals surface area (Å²) in [5.41, 5.74) is 0.837. The Labute approximate surface area is 117 Å². The number of nitrogens with zero attached hydrogens (tertiary/aromatic N) is 1. The molecule has 1 aliphatic heterocycles. The minimum absolute atomic E-state index is 0.00522. The summed E-state index contributed by atoms with van der Waals surface area (Å²) in [6.45, 7) is 5.88. The first-order valence-electron chi connectivity index (χ1n) is 6.98. The highest BCUT2D eigenvalue weighted by atomic mass is 16.6. The molecule has 3 rings (SSSR count). The zero-order valence-electron chi connectivity index (χ0n) is 11.6. The number of nitrogens with one attached hydrogen (secondary N) is 2. The Balaban J connectivity index is 1.78. The van der Waals surface area contributed by atoms with Gasteiger partial charge >= 0.3 is 0 Å². The van der Waals surface area contributed by atoms with Gasteiger partial charge in [0.05, 0.1) is 17.1 Å². The third-order valence-corrected chi connectivity index (χ3v) is 3.90. The van der Waals surface area contributed by atoms with Crippen LogP contribution in [0.1, 0.15) is 13.8 Å². The number of non-ortho nitro benzene ring substituents is 1. The molecule has 0 bridgehead atoms. The van der Waals surface area contributed by atoms with E-state index in [1.54, 1.807) is 6.07 Å². The highest BCUT2D eigenvalue weighted by Crippen LogP contribution is 2.44. The molecule has 20 heavy (non-hydrogen) atoms. The first-order chi connectivity index (χ1) is 9.54. The molecule has 1 saturated heterocycles. The molecule has 2 unspecified atom stereocenters. The van der Waals surface area contributed by atoms with Crippen molar-refractivity contribution < 1.29 is 9.66 Å². The van der Waals surface area contributed by atoms with Crippen molar-refractivity contribution in [2.24, 2.45) is 11.8 Å². The van der Waals surface area contributed by atoms with Gasteiger partial charge in [0.25, 0.3) is 5.69 Å².